The third kappa shape index (κ3) is 1.55. The summed E-state index contributed by atoms with van der Waals surface area (Å²) >= 11 is 10.4. The molecule has 0 radical (unpaired) electrons. The molecule has 0 aliphatic heterocycles. The number of oxazole rings is 1. The number of halogens is 2. The lowest BCUT2D eigenvalue weighted by Crippen LogP contribution is -1.59. The standard InChI is InChI=1S/C7H3BrClNOS/c8-7-10-3-4(11-7)5-1-2-6(9)12-5/h1-3H. The van der Waals surface area contributed by atoms with E-state index in [9.17, 15) is 0 Å². The Bertz CT molecular complexity index is 359. The normalized spacial score (nSPS) is 10.5. The molecule has 2 heterocycles. The van der Waals surface area contributed by atoms with Crippen molar-refractivity contribution in [3.63, 3.8) is 0 Å². The highest BCUT2D eigenvalue weighted by atomic mass is 79.9. The van der Waals surface area contributed by atoms with Gasteiger partial charge in [-0.05, 0) is 12.1 Å². The minimum Gasteiger partial charge on any atom is -0.430 e. The van der Waals surface area contributed by atoms with E-state index in [-0.39, 0.29) is 0 Å². The zero-order valence-electron chi connectivity index (χ0n) is 5.75. The molecule has 0 saturated carbocycles. The van der Waals surface area contributed by atoms with E-state index in [1.54, 1.807) is 6.20 Å². The summed E-state index contributed by atoms with van der Waals surface area (Å²) in [7, 11) is 0. The largest absolute Gasteiger partial charge is 0.430 e. The predicted octanol–water partition coefficient (Wildman–Crippen LogP) is 3.82. The van der Waals surface area contributed by atoms with Gasteiger partial charge in [-0.1, -0.05) is 11.6 Å². The molecular formula is C7H3BrClNOS. The first-order valence-corrected chi connectivity index (χ1v) is 5.11. The van der Waals surface area contributed by atoms with Gasteiger partial charge in [-0.3, -0.25) is 0 Å². The maximum absolute atomic E-state index is 5.76. The van der Waals surface area contributed by atoms with E-state index in [1.807, 2.05) is 12.1 Å². The quantitative estimate of drug-likeness (QED) is 0.782. The van der Waals surface area contributed by atoms with Crippen molar-refractivity contribution in [1.82, 2.24) is 4.98 Å². The van der Waals surface area contributed by atoms with Crippen molar-refractivity contribution < 1.29 is 4.42 Å². The van der Waals surface area contributed by atoms with Crippen LogP contribution in [0.25, 0.3) is 10.6 Å². The summed E-state index contributed by atoms with van der Waals surface area (Å²) in [6, 6.07) is 3.73. The molecule has 0 aliphatic rings. The van der Waals surface area contributed by atoms with E-state index in [4.69, 9.17) is 16.0 Å². The summed E-state index contributed by atoms with van der Waals surface area (Å²) in [5.74, 6) is 0.735. The van der Waals surface area contributed by atoms with Gasteiger partial charge in [0.05, 0.1) is 15.4 Å². The van der Waals surface area contributed by atoms with Gasteiger partial charge in [0.1, 0.15) is 0 Å². The summed E-state index contributed by atoms with van der Waals surface area (Å²) < 4.78 is 5.99. The fourth-order valence-electron chi connectivity index (χ4n) is 0.813. The van der Waals surface area contributed by atoms with Crippen molar-refractivity contribution in [3.8, 4) is 10.6 Å². The Morgan fingerprint density at radius 1 is 1.50 bits per heavy atom. The Labute approximate surface area is 86.3 Å². The second-order valence-electron chi connectivity index (χ2n) is 2.08. The number of rotatable bonds is 1. The second-order valence-corrected chi connectivity index (χ2v) is 4.47. The van der Waals surface area contributed by atoms with E-state index in [0.29, 0.717) is 4.80 Å². The number of aromatic nitrogens is 1. The Kier molecular flexibility index (Phi) is 2.21. The van der Waals surface area contributed by atoms with Crippen LogP contribution in [0.5, 0.6) is 0 Å². The molecule has 2 aromatic rings. The van der Waals surface area contributed by atoms with Gasteiger partial charge >= 0.3 is 0 Å². The number of nitrogens with zero attached hydrogens (tertiary/aromatic N) is 1. The van der Waals surface area contributed by atoms with Gasteiger partial charge in [0.25, 0.3) is 4.80 Å². The minimum atomic E-state index is 0.488. The molecule has 0 fully saturated rings. The highest BCUT2D eigenvalue weighted by molar-refractivity contribution is 9.10. The number of hydrogen-bond acceptors (Lipinski definition) is 3. The molecule has 0 N–H and O–H groups in total. The summed E-state index contributed by atoms with van der Waals surface area (Å²) in [5.41, 5.74) is 0. The molecule has 0 amide bonds. The average Bonchev–Trinajstić information content (AvgIpc) is 2.58. The third-order valence-electron chi connectivity index (χ3n) is 1.29. The summed E-state index contributed by atoms with van der Waals surface area (Å²) in [4.78, 5) is 5.39. The Hall–Kier alpha value is -0.320. The SMILES string of the molecule is Clc1ccc(-c2cnc(Br)o2)s1. The van der Waals surface area contributed by atoms with Crippen LogP contribution in [0, 0.1) is 0 Å². The smallest absolute Gasteiger partial charge is 0.264 e. The van der Waals surface area contributed by atoms with Crippen molar-refractivity contribution in [3.05, 3.63) is 27.5 Å². The van der Waals surface area contributed by atoms with Crippen molar-refractivity contribution >= 4 is 38.9 Å². The summed E-state index contributed by atoms with van der Waals surface area (Å²) in [5, 5.41) is 0. The maximum atomic E-state index is 5.76. The van der Waals surface area contributed by atoms with Gasteiger partial charge in [-0.2, -0.15) is 0 Å². The summed E-state index contributed by atoms with van der Waals surface area (Å²) in [6.07, 6.45) is 1.66. The van der Waals surface area contributed by atoms with Gasteiger partial charge in [0.15, 0.2) is 5.76 Å². The maximum Gasteiger partial charge on any atom is 0.264 e. The van der Waals surface area contributed by atoms with Crippen LogP contribution in [0.2, 0.25) is 4.34 Å². The van der Waals surface area contributed by atoms with Gasteiger partial charge in [0.2, 0.25) is 0 Å². The molecule has 0 spiro atoms. The molecule has 0 bridgehead atoms. The van der Waals surface area contributed by atoms with Crippen LogP contribution in [0.15, 0.2) is 27.5 Å². The monoisotopic (exact) mass is 263 g/mol. The van der Waals surface area contributed by atoms with Crippen molar-refractivity contribution in [2.45, 2.75) is 0 Å². The molecular weight excluding hydrogens is 262 g/mol. The van der Waals surface area contributed by atoms with E-state index in [0.717, 1.165) is 15.0 Å². The summed E-state index contributed by atoms with van der Waals surface area (Å²) in [6.45, 7) is 0. The molecule has 0 atom stereocenters. The molecule has 0 saturated heterocycles. The highest BCUT2D eigenvalue weighted by Crippen LogP contribution is 2.31. The van der Waals surface area contributed by atoms with E-state index < -0.39 is 0 Å². The van der Waals surface area contributed by atoms with E-state index in [1.165, 1.54) is 11.3 Å². The zero-order valence-corrected chi connectivity index (χ0v) is 8.91. The fraction of sp³-hybridized carbons (Fsp3) is 0. The van der Waals surface area contributed by atoms with Gasteiger partial charge in [-0.15, -0.1) is 11.3 Å². The first kappa shape index (κ1) is 8.29. The van der Waals surface area contributed by atoms with Crippen molar-refractivity contribution in [2.24, 2.45) is 0 Å². The molecule has 2 rings (SSSR count). The van der Waals surface area contributed by atoms with Crippen LogP contribution in [-0.4, -0.2) is 4.98 Å². The minimum absolute atomic E-state index is 0.488. The van der Waals surface area contributed by atoms with Crippen LogP contribution >= 0.6 is 38.9 Å². The fourth-order valence-corrected chi connectivity index (χ4v) is 2.08. The molecule has 2 nitrogen and oxygen atoms in total. The lowest BCUT2D eigenvalue weighted by Gasteiger charge is -1.84. The highest BCUT2D eigenvalue weighted by Gasteiger charge is 2.06. The van der Waals surface area contributed by atoms with Crippen LogP contribution in [0.3, 0.4) is 0 Å². The Morgan fingerprint density at radius 2 is 2.33 bits per heavy atom. The third-order valence-corrected chi connectivity index (χ3v) is 2.91. The zero-order chi connectivity index (χ0) is 8.55. The van der Waals surface area contributed by atoms with Gasteiger partial charge in [-0.25, -0.2) is 4.98 Å². The molecule has 0 aliphatic carbocycles. The van der Waals surface area contributed by atoms with Crippen molar-refractivity contribution in [1.29, 1.82) is 0 Å². The Morgan fingerprint density at radius 3 is 2.83 bits per heavy atom. The topological polar surface area (TPSA) is 26.0 Å². The van der Waals surface area contributed by atoms with E-state index >= 15 is 0 Å². The van der Waals surface area contributed by atoms with E-state index in [2.05, 4.69) is 20.9 Å². The Balaban J connectivity index is 2.43. The van der Waals surface area contributed by atoms with Crippen molar-refractivity contribution in [2.75, 3.05) is 0 Å². The van der Waals surface area contributed by atoms with Gasteiger partial charge in [0, 0.05) is 15.9 Å². The number of thiophene rings is 1. The lowest BCUT2D eigenvalue weighted by molar-refractivity contribution is 0.543. The molecule has 2 aromatic heterocycles. The van der Waals surface area contributed by atoms with Crippen LogP contribution in [0.1, 0.15) is 0 Å². The van der Waals surface area contributed by atoms with Crippen LogP contribution < -0.4 is 0 Å². The van der Waals surface area contributed by atoms with Gasteiger partial charge < -0.3 is 4.42 Å². The molecule has 0 aromatic carbocycles. The first-order chi connectivity index (χ1) is 5.75. The molecule has 0 unspecified atom stereocenters. The van der Waals surface area contributed by atoms with Crippen LogP contribution in [-0.2, 0) is 0 Å². The number of hydrogen-bond donors (Lipinski definition) is 0. The molecule has 12 heavy (non-hydrogen) atoms. The lowest BCUT2D eigenvalue weighted by atomic mass is 10.4. The second kappa shape index (κ2) is 3.20. The molecule has 5 heteroatoms. The first-order valence-electron chi connectivity index (χ1n) is 3.13. The predicted molar refractivity (Wildman–Crippen MR) is 52.5 cm³/mol. The molecule has 62 valence electrons. The average molecular weight is 265 g/mol. The van der Waals surface area contributed by atoms with Crippen LogP contribution in [0.4, 0.5) is 0 Å².